The number of carbonyl (C=O) groups is 2. The summed E-state index contributed by atoms with van der Waals surface area (Å²) in [7, 11) is 0. The number of rotatable bonds is 3. The van der Waals surface area contributed by atoms with Crippen molar-refractivity contribution in [3.05, 3.63) is 81.8 Å². The molecule has 0 bridgehead atoms. The van der Waals surface area contributed by atoms with Crippen molar-refractivity contribution < 1.29 is 9.59 Å². The maximum Gasteiger partial charge on any atom is 0.255 e. The van der Waals surface area contributed by atoms with Crippen molar-refractivity contribution >= 4 is 17.5 Å². The number of anilines is 1. The SMILES string of the molecule is CC1=C(C(=O)Nc2ccc(C)cn2)[C@H](c2ccccc2C)C2=C(C[C@H](C)CC2=O)N1. The van der Waals surface area contributed by atoms with Crippen LogP contribution in [0.25, 0.3) is 0 Å². The number of amides is 1. The van der Waals surface area contributed by atoms with E-state index in [-0.39, 0.29) is 17.6 Å². The van der Waals surface area contributed by atoms with Crippen LogP contribution in [0, 0.1) is 19.8 Å². The molecule has 2 heterocycles. The lowest BCUT2D eigenvalue weighted by molar-refractivity contribution is -0.117. The molecular weight excluding hydrogens is 374 g/mol. The Hall–Kier alpha value is -3.21. The topological polar surface area (TPSA) is 71.1 Å². The Labute approximate surface area is 177 Å². The Morgan fingerprint density at radius 2 is 1.87 bits per heavy atom. The van der Waals surface area contributed by atoms with Gasteiger partial charge in [0.25, 0.3) is 5.91 Å². The standard InChI is InChI=1S/C25H27N3O2/c1-14-9-10-21(26-13-14)28-25(30)22-17(4)27-19-11-15(2)12-20(29)24(19)23(22)18-8-6-5-7-16(18)3/h5-10,13,15,23,27H,11-12H2,1-4H3,(H,26,28,30)/t15-,23-/m0/s1. The molecule has 5 heteroatoms. The highest BCUT2D eigenvalue weighted by Gasteiger charge is 2.40. The molecule has 30 heavy (non-hydrogen) atoms. The van der Waals surface area contributed by atoms with E-state index in [1.165, 1.54) is 0 Å². The van der Waals surface area contributed by atoms with Crippen LogP contribution < -0.4 is 10.6 Å². The molecule has 2 atom stereocenters. The number of aromatic nitrogens is 1. The van der Waals surface area contributed by atoms with E-state index in [1.54, 1.807) is 12.3 Å². The van der Waals surface area contributed by atoms with E-state index in [0.29, 0.717) is 23.7 Å². The van der Waals surface area contributed by atoms with Crippen LogP contribution in [0.1, 0.15) is 49.3 Å². The van der Waals surface area contributed by atoms with Crippen molar-refractivity contribution in [2.24, 2.45) is 5.92 Å². The zero-order valence-corrected chi connectivity index (χ0v) is 17.9. The minimum absolute atomic E-state index is 0.121. The highest BCUT2D eigenvalue weighted by molar-refractivity contribution is 6.09. The van der Waals surface area contributed by atoms with Crippen LogP contribution in [-0.4, -0.2) is 16.7 Å². The van der Waals surface area contributed by atoms with Gasteiger partial charge in [-0.3, -0.25) is 9.59 Å². The van der Waals surface area contributed by atoms with Gasteiger partial charge in [-0.25, -0.2) is 4.98 Å². The first-order valence-corrected chi connectivity index (χ1v) is 10.4. The van der Waals surface area contributed by atoms with Crippen LogP contribution in [0.15, 0.2) is 65.1 Å². The number of nitrogens with one attached hydrogen (secondary N) is 2. The minimum Gasteiger partial charge on any atom is -0.362 e. The Kier molecular flexibility index (Phi) is 5.29. The second-order valence-electron chi connectivity index (χ2n) is 8.46. The van der Waals surface area contributed by atoms with Gasteiger partial charge in [-0.1, -0.05) is 37.3 Å². The third kappa shape index (κ3) is 3.67. The number of benzene rings is 1. The van der Waals surface area contributed by atoms with Gasteiger partial charge in [-0.05, 0) is 55.9 Å². The Bertz CT molecular complexity index is 1080. The van der Waals surface area contributed by atoms with E-state index in [9.17, 15) is 9.59 Å². The number of aryl methyl sites for hydroxylation is 2. The van der Waals surface area contributed by atoms with Gasteiger partial charge < -0.3 is 10.6 Å². The van der Waals surface area contributed by atoms with Gasteiger partial charge in [-0.2, -0.15) is 0 Å². The predicted molar refractivity (Wildman–Crippen MR) is 118 cm³/mol. The summed E-state index contributed by atoms with van der Waals surface area (Å²) in [6.45, 7) is 7.99. The van der Waals surface area contributed by atoms with Gasteiger partial charge in [-0.15, -0.1) is 0 Å². The third-order valence-corrected chi connectivity index (χ3v) is 5.93. The first-order valence-electron chi connectivity index (χ1n) is 10.4. The minimum atomic E-state index is -0.382. The van der Waals surface area contributed by atoms with Crippen molar-refractivity contribution in [3.63, 3.8) is 0 Å². The van der Waals surface area contributed by atoms with Crippen LogP contribution >= 0.6 is 0 Å². The summed E-state index contributed by atoms with van der Waals surface area (Å²) in [5.41, 5.74) is 6.13. The zero-order chi connectivity index (χ0) is 21.4. The first kappa shape index (κ1) is 20.1. The van der Waals surface area contributed by atoms with Gasteiger partial charge in [0.05, 0.1) is 0 Å². The Morgan fingerprint density at radius 3 is 2.57 bits per heavy atom. The van der Waals surface area contributed by atoms with Crippen LogP contribution in [-0.2, 0) is 9.59 Å². The fourth-order valence-corrected chi connectivity index (χ4v) is 4.48. The van der Waals surface area contributed by atoms with E-state index < -0.39 is 0 Å². The summed E-state index contributed by atoms with van der Waals surface area (Å²) in [5.74, 6) is 0.297. The lowest BCUT2D eigenvalue weighted by atomic mass is 9.72. The van der Waals surface area contributed by atoms with Crippen molar-refractivity contribution in [1.82, 2.24) is 10.3 Å². The number of ketones is 1. The lowest BCUT2D eigenvalue weighted by Crippen LogP contribution is -2.37. The number of dihydropyridines is 1. The van der Waals surface area contributed by atoms with E-state index in [1.807, 2.05) is 51.1 Å². The molecule has 5 nitrogen and oxygen atoms in total. The van der Waals surface area contributed by atoms with Gasteiger partial charge in [0.15, 0.2) is 5.78 Å². The molecule has 154 valence electrons. The molecule has 1 aromatic carbocycles. The van der Waals surface area contributed by atoms with Crippen molar-refractivity contribution in [3.8, 4) is 0 Å². The molecule has 1 aromatic heterocycles. The predicted octanol–water partition coefficient (Wildman–Crippen LogP) is 4.55. The highest BCUT2D eigenvalue weighted by atomic mass is 16.2. The zero-order valence-electron chi connectivity index (χ0n) is 17.9. The number of carbonyl (C=O) groups excluding carboxylic acids is 2. The molecule has 1 aliphatic carbocycles. The number of Topliss-reactive ketones (excluding diaryl/α,β-unsaturated/α-hetero) is 1. The monoisotopic (exact) mass is 401 g/mol. The fraction of sp³-hybridized carbons (Fsp3) is 0.320. The number of pyridine rings is 1. The Balaban J connectivity index is 1.80. The number of allylic oxidation sites excluding steroid dienone is 3. The molecule has 0 saturated carbocycles. The van der Waals surface area contributed by atoms with Crippen LogP contribution in [0.3, 0.4) is 0 Å². The smallest absolute Gasteiger partial charge is 0.255 e. The number of hydrogen-bond donors (Lipinski definition) is 2. The van der Waals surface area contributed by atoms with Crippen molar-refractivity contribution in [2.75, 3.05) is 5.32 Å². The summed E-state index contributed by atoms with van der Waals surface area (Å²) in [6, 6.07) is 11.7. The van der Waals surface area contributed by atoms with Crippen molar-refractivity contribution in [1.29, 1.82) is 0 Å². The Morgan fingerprint density at radius 1 is 1.10 bits per heavy atom. The van der Waals surface area contributed by atoms with Crippen LogP contribution in [0.2, 0.25) is 0 Å². The lowest BCUT2D eigenvalue weighted by Gasteiger charge is -2.36. The van der Waals surface area contributed by atoms with Gasteiger partial charge >= 0.3 is 0 Å². The maximum absolute atomic E-state index is 13.4. The van der Waals surface area contributed by atoms with E-state index >= 15 is 0 Å². The first-order chi connectivity index (χ1) is 14.3. The van der Waals surface area contributed by atoms with Gasteiger partial charge in [0, 0.05) is 41.1 Å². The summed E-state index contributed by atoms with van der Waals surface area (Å²) in [5, 5.41) is 6.31. The average Bonchev–Trinajstić information content (AvgIpc) is 2.68. The molecule has 2 aliphatic rings. The van der Waals surface area contributed by atoms with Gasteiger partial charge in [0.2, 0.25) is 0 Å². The summed E-state index contributed by atoms with van der Waals surface area (Å²) in [6.07, 6.45) is 3.05. The molecule has 2 N–H and O–H groups in total. The summed E-state index contributed by atoms with van der Waals surface area (Å²) >= 11 is 0. The maximum atomic E-state index is 13.4. The second kappa shape index (κ2) is 7.90. The summed E-state index contributed by atoms with van der Waals surface area (Å²) in [4.78, 5) is 30.9. The molecular formula is C25H27N3O2. The second-order valence-corrected chi connectivity index (χ2v) is 8.46. The molecule has 1 amide bonds. The van der Waals surface area contributed by atoms with Crippen LogP contribution in [0.5, 0.6) is 0 Å². The molecule has 0 spiro atoms. The number of hydrogen-bond acceptors (Lipinski definition) is 4. The highest BCUT2D eigenvalue weighted by Crippen LogP contribution is 2.44. The van der Waals surface area contributed by atoms with E-state index in [2.05, 4.69) is 22.5 Å². The van der Waals surface area contributed by atoms with E-state index in [4.69, 9.17) is 0 Å². The molecule has 0 radical (unpaired) electrons. The average molecular weight is 402 g/mol. The normalized spacial score (nSPS) is 21.3. The molecule has 0 saturated heterocycles. The van der Waals surface area contributed by atoms with Crippen molar-refractivity contribution in [2.45, 2.75) is 46.5 Å². The molecule has 0 unspecified atom stereocenters. The van der Waals surface area contributed by atoms with E-state index in [0.717, 1.165) is 40.1 Å². The van der Waals surface area contributed by atoms with Crippen LogP contribution in [0.4, 0.5) is 5.82 Å². The quantitative estimate of drug-likeness (QED) is 0.791. The largest absolute Gasteiger partial charge is 0.362 e. The number of nitrogens with zero attached hydrogens (tertiary/aromatic N) is 1. The molecule has 1 aliphatic heterocycles. The third-order valence-electron chi connectivity index (χ3n) is 5.93. The molecule has 0 fully saturated rings. The molecule has 4 rings (SSSR count). The fourth-order valence-electron chi connectivity index (χ4n) is 4.48. The molecule has 2 aromatic rings. The van der Waals surface area contributed by atoms with Gasteiger partial charge in [0.1, 0.15) is 5.82 Å². The summed E-state index contributed by atoms with van der Waals surface area (Å²) < 4.78 is 0.